The molecule has 0 aromatic heterocycles. The average Bonchev–Trinajstić information content (AvgIpc) is 2.36. The Kier molecular flexibility index (Phi) is 11.0. The van der Waals surface area contributed by atoms with Gasteiger partial charge in [-0.1, -0.05) is 52.9 Å². The van der Waals surface area contributed by atoms with Gasteiger partial charge < -0.3 is 9.47 Å². The highest BCUT2D eigenvalue weighted by Crippen LogP contribution is 2.25. The van der Waals surface area contributed by atoms with Gasteiger partial charge in [0.15, 0.2) is 0 Å². The second-order valence-electron chi connectivity index (χ2n) is 5.13. The summed E-state index contributed by atoms with van der Waals surface area (Å²) in [7, 11) is 3.63. The number of rotatable bonds is 11. The molecule has 0 aromatic rings. The lowest BCUT2D eigenvalue weighted by molar-refractivity contribution is -0.0147. The van der Waals surface area contributed by atoms with Crippen LogP contribution in [0.5, 0.6) is 0 Å². The van der Waals surface area contributed by atoms with Gasteiger partial charge in [-0.25, -0.2) is 0 Å². The summed E-state index contributed by atoms with van der Waals surface area (Å²) < 4.78 is 11.0. The molecule has 3 unspecified atom stereocenters. The lowest BCUT2D eigenvalue weighted by Crippen LogP contribution is -2.31. The summed E-state index contributed by atoms with van der Waals surface area (Å²) in [6, 6.07) is 0. The van der Waals surface area contributed by atoms with Gasteiger partial charge in [0.1, 0.15) is 0 Å². The second kappa shape index (κ2) is 11.0. The zero-order valence-electron chi connectivity index (χ0n) is 12.5. The Morgan fingerprint density at radius 2 is 1.71 bits per heavy atom. The van der Waals surface area contributed by atoms with Crippen molar-refractivity contribution in [2.75, 3.05) is 20.8 Å². The van der Waals surface area contributed by atoms with Crippen molar-refractivity contribution in [2.45, 2.75) is 65.4 Å². The molecule has 0 amide bonds. The molecule has 0 aromatic carbocycles. The molecule has 3 atom stereocenters. The van der Waals surface area contributed by atoms with E-state index in [4.69, 9.17) is 9.47 Å². The first kappa shape index (κ1) is 16.9. The molecule has 0 N–H and O–H groups in total. The van der Waals surface area contributed by atoms with Crippen LogP contribution in [0.1, 0.15) is 59.3 Å². The first-order valence-corrected chi connectivity index (χ1v) is 7.22. The van der Waals surface area contributed by atoms with Crippen LogP contribution in [0, 0.1) is 11.8 Å². The van der Waals surface area contributed by atoms with E-state index in [9.17, 15) is 0 Å². The largest absolute Gasteiger partial charge is 0.384 e. The summed E-state index contributed by atoms with van der Waals surface area (Å²) in [5.41, 5.74) is 0. The molecule has 17 heavy (non-hydrogen) atoms. The minimum absolute atomic E-state index is 0.363. The van der Waals surface area contributed by atoms with Crippen LogP contribution in [-0.4, -0.2) is 26.9 Å². The Bertz CT molecular complexity index is 159. The monoisotopic (exact) mass is 244 g/mol. The summed E-state index contributed by atoms with van der Waals surface area (Å²) in [5.74, 6) is 1.21. The van der Waals surface area contributed by atoms with Crippen LogP contribution in [0.4, 0.5) is 0 Å². The van der Waals surface area contributed by atoms with Crippen molar-refractivity contribution in [2.24, 2.45) is 11.8 Å². The third-order valence-electron chi connectivity index (χ3n) is 3.86. The normalized spacial score (nSPS) is 16.8. The predicted octanol–water partition coefficient (Wildman–Crippen LogP) is 4.28. The van der Waals surface area contributed by atoms with Crippen LogP contribution in [-0.2, 0) is 9.47 Å². The molecule has 0 saturated heterocycles. The fraction of sp³-hybridized carbons (Fsp3) is 1.00. The van der Waals surface area contributed by atoms with Crippen LogP contribution in [0.3, 0.4) is 0 Å². The van der Waals surface area contributed by atoms with E-state index in [0.29, 0.717) is 17.9 Å². The number of ether oxygens (including phenoxy) is 2. The van der Waals surface area contributed by atoms with E-state index >= 15 is 0 Å². The number of methoxy groups -OCH3 is 2. The molecule has 0 aliphatic carbocycles. The highest BCUT2D eigenvalue weighted by atomic mass is 16.5. The molecule has 2 heteroatoms. The number of unbranched alkanes of at least 4 members (excludes halogenated alkanes) is 3. The zero-order valence-corrected chi connectivity index (χ0v) is 12.5. The summed E-state index contributed by atoms with van der Waals surface area (Å²) in [4.78, 5) is 0. The molecule has 104 valence electrons. The topological polar surface area (TPSA) is 18.5 Å². The third-order valence-corrected chi connectivity index (χ3v) is 3.86. The molecule has 0 radical (unpaired) electrons. The van der Waals surface area contributed by atoms with Crippen LogP contribution >= 0.6 is 0 Å². The van der Waals surface area contributed by atoms with Gasteiger partial charge in [0.05, 0.1) is 12.7 Å². The minimum Gasteiger partial charge on any atom is -0.384 e. The summed E-state index contributed by atoms with van der Waals surface area (Å²) in [6.07, 6.45) is 7.98. The molecule has 0 aliphatic rings. The lowest BCUT2D eigenvalue weighted by atomic mass is 9.85. The maximum Gasteiger partial charge on any atom is 0.0624 e. The van der Waals surface area contributed by atoms with Crippen molar-refractivity contribution >= 4 is 0 Å². The Balaban J connectivity index is 4.14. The molecular weight excluding hydrogens is 212 g/mol. The van der Waals surface area contributed by atoms with E-state index in [1.807, 2.05) is 7.11 Å². The van der Waals surface area contributed by atoms with E-state index < -0.39 is 0 Å². The second-order valence-corrected chi connectivity index (χ2v) is 5.13. The first-order chi connectivity index (χ1) is 8.21. The molecule has 0 heterocycles. The molecule has 0 aliphatic heterocycles. The van der Waals surface area contributed by atoms with Gasteiger partial charge in [-0.3, -0.25) is 0 Å². The van der Waals surface area contributed by atoms with Crippen LogP contribution in [0.2, 0.25) is 0 Å². The van der Waals surface area contributed by atoms with Crippen molar-refractivity contribution in [3.63, 3.8) is 0 Å². The number of hydrogen-bond acceptors (Lipinski definition) is 2. The van der Waals surface area contributed by atoms with Crippen molar-refractivity contribution in [3.8, 4) is 0 Å². The maximum absolute atomic E-state index is 5.69. The maximum atomic E-state index is 5.69. The van der Waals surface area contributed by atoms with Gasteiger partial charge in [-0.2, -0.15) is 0 Å². The Hall–Kier alpha value is -0.0800. The standard InChI is InChI=1S/C15H32O2/c1-6-8-9-10-11-15(17-5)14(12-16-4)13(3)7-2/h13-15H,6-12H2,1-5H3. The average molecular weight is 244 g/mol. The molecule has 0 fully saturated rings. The van der Waals surface area contributed by atoms with Gasteiger partial charge in [0, 0.05) is 20.1 Å². The highest BCUT2D eigenvalue weighted by molar-refractivity contribution is 4.74. The highest BCUT2D eigenvalue weighted by Gasteiger charge is 2.25. The third kappa shape index (κ3) is 7.05. The summed E-state index contributed by atoms with van der Waals surface area (Å²) in [5, 5.41) is 0. The Morgan fingerprint density at radius 1 is 1.00 bits per heavy atom. The predicted molar refractivity (Wildman–Crippen MR) is 74.4 cm³/mol. The molecule has 0 saturated carbocycles. The van der Waals surface area contributed by atoms with Gasteiger partial charge in [-0.15, -0.1) is 0 Å². The molecule has 0 rings (SSSR count). The van der Waals surface area contributed by atoms with E-state index in [1.165, 1.54) is 38.5 Å². The SMILES string of the molecule is CCCCCCC(OC)C(COC)C(C)CC. The van der Waals surface area contributed by atoms with E-state index in [0.717, 1.165) is 6.61 Å². The smallest absolute Gasteiger partial charge is 0.0624 e. The van der Waals surface area contributed by atoms with Crippen molar-refractivity contribution < 1.29 is 9.47 Å². The molecule has 0 spiro atoms. The van der Waals surface area contributed by atoms with E-state index in [1.54, 1.807) is 7.11 Å². The quantitative estimate of drug-likeness (QED) is 0.505. The van der Waals surface area contributed by atoms with Gasteiger partial charge >= 0.3 is 0 Å². The minimum atomic E-state index is 0.363. The lowest BCUT2D eigenvalue weighted by Gasteiger charge is -2.30. The fourth-order valence-electron chi connectivity index (χ4n) is 2.41. The zero-order chi connectivity index (χ0) is 13.1. The van der Waals surface area contributed by atoms with Crippen LogP contribution < -0.4 is 0 Å². The van der Waals surface area contributed by atoms with E-state index in [-0.39, 0.29) is 0 Å². The molecule has 2 nitrogen and oxygen atoms in total. The number of hydrogen-bond donors (Lipinski definition) is 0. The molecule has 0 bridgehead atoms. The van der Waals surface area contributed by atoms with Crippen molar-refractivity contribution in [3.05, 3.63) is 0 Å². The van der Waals surface area contributed by atoms with Crippen LogP contribution in [0.25, 0.3) is 0 Å². The van der Waals surface area contributed by atoms with Gasteiger partial charge in [0.2, 0.25) is 0 Å². The van der Waals surface area contributed by atoms with Gasteiger partial charge in [-0.05, 0) is 12.3 Å². The van der Waals surface area contributed by atoms with Gasteiger partial charge in [0.25, 0.3) is 0 Å². The van der Waals surface area contributed by atoms with Crippen LogP contribution in [0.15, 0.2) is 0 Å². The van der Waals surface area contributed by atoms with Crippen molar-refractivity contribution in [1.29, 1.82) is 0 Å². The molecular formula is C15H32O2. The first-order valence-electron chi connectivity index (χ1n) is 7.22. The summed E-state index contributed by atoms with van der Waals surface area (Å²) >= 11 is 0. The van der Waals surface area contributed by atoms with Crippen molar-refractivity contribution in [1.82, 2.24) is 0 Å². The summed E-state index contributed by atoms with van der Waals surface area (Å²) in [6.45, 7) is 7.63. The van der Waals surface area contributed by atoms with E-state index in [2.05, 4.69) is 20.8 Å². The Morgan fingerprint density at radius 3 is 2.18 bits per heavy atom. The Labute approximate surface area is 108 Å². The fourth-order valence-corrected chi connectivity index (χ4v) is 2.41.